The third-order valence-electron chi connectivity index (χ3n) is 3.44. The maximum Gasteiger partial charge on any atom is 0.224 e. The van der Waals surface area contributed by atoms with Gasteiger partial charge in [-0.3, -0.25) is 0 Å². The molecular weight excluding hydrogens is 236 g/mol. The molecule has 0 saturated heterocycles. The second-order valence-electron chi connectivity index (χ2n) is 4.62. The van der Waals surface area contributed by atoms with Gasteiger partial charge in [0, 0.05) is 13.1 Å². The Morgan fingerprint density at radius 3 is 2.76 bits per heavy atom. The highest BCUT2D eigenvalue weighted by atomic mass is 35.5. The van der Waals surface area contributed by atoms with E-state index in [0.717, 1.165) is 11.7 Å². The number of halogens is 1. The first-order valence-corrected chi connectivity index (χ1v) is 6.55. The van der Waals surface area contributed by atoms with Crippen molar-refractivity contribution < 1.29 is 0 Å². The number of aromatic nitrogens is 2. The monoisotopic (exact) mass is 254 g/mol. The van der Waals surface area contributed by atoms with Crippen LogP contribution in [-0.4, -0.2) is 23.1 Å². The van der Waals surface area contributed by atoms with E-state index in [2.05, 4.69) is 27.5 Å². The Balaban J connectivity index is 2.06. The van der Waals surface area contributed by atoms with Gasteiger partial charge in [-0.05, 0) is 25.7 Å². The highest BCUT2D eigenvalue weighted by Crippen LogP contribution is 2.30. The van der Waals surface area contributed by atoms with Crippen LogP contribution in [0.2, 0.25) is 5.02 Å². The van der Waals surface area contributed by atoms with Gasteiger partial charge in [-0.25, -0.2) is 4.98 Å². The van der Waals surface area contributed by atoms with Crippen molar-refractivity contribution in [1.82, 2.24) is 9.97 Å². The smallest absolute Gasteiger partial charge is 0.224 e. The van der Waals surface area contributed by atoms with E-state index in [4.69, 9.17) is 11.6 Å². The van der Waals surface area contributed by atoms with E-state index >= 15 is 0 Å². The van der Waals surface area contributed by atoms with Gasteiger partial charge in [0.2, 0.25) is 5.95 Å². The predicted molar refractivity (Wildman–Crippen MR) is 71.6 cm³/mol. The fourth-order valence-electron chi connectivity index (χ4n) is 2.38. The highest BCUT2D eigenvalue weighted by molar-refractivity contribution is 6.32. The largest absolute Gasteiger partial charge is 0.366 e. The van der Waals surface area contributed by atoms with Gasteiger partial charge < -0.3 is 10.6 Å². The molecule has 1 saturated carbocycles. The minimum Gasteiger partial charge on any atom is -0.366 e. The van der Waals surface area contributed by atoms with Gasteiger partial charge in [0.1, 0.15) is 5.02 Å². The van der Waals surface area contributed by atoms with Crippen LogP contribution in [0.5, 0.6) is 0 Å². The summed E-state index contributed by atoms with van der Waals surface area (Å²) in [5.74, 6) is 2.06. The molecule has 0 aromatic carbocycles. The molecule has 1 aliphatic rings. The zero-order valence-corrected chi connectivity index (χ0v) is 11.1. The van der Waals surface area contributed by atoms with Crippen molar-refractivity contribution in [3.05, 3.63) is 11.2 Å². The second-order valence-corrected chi connectivity index (χ2v) is 5.02. The average molecular weight is 255 g/mol. The molecule has 0 bridgehead atoms. The number of hydrogen-bond acceptors (Lipinski definition) is 4. The topological polar surface area (TPSA) is 49.8 Å². The lowest BCUT2D eigenvalue weighted by atomic mass is 10.00. The summed E-state index contributed by atoms with van der Waals surface area (Å²) in [4.78, 5) is 8.40. The standard InChI is InChI=1S/C12H19ClN4/c1-8(9-5-3-4-6-9)16-11-10(13)7-15-12(14-2)17-11/h7-9H,3-6H2,1-2H3,(H2,14,15,16,17). The first-order chi connectivity index (χ1) is 8.20. The Labute approximate surface area is 107 Å². The molecule has 2 rings (SSSR count). The van der Waals surface area contributed by atoms with Crippen molar-refractivity contribution in [1.29, 1.82) is 0 Å². The third-order valence-corrected chi connectivity index (χ3v) is 3.72. The molecule has 0 radical (unpaired) electrons. The lowest BCUT2D eigenvalue weighted by Gasteiger charge is -2.21. The Morgan fingerprint density at radius 1 is 1.41 bits per heavy atom. The van der Waals surface area contributed by atoms with Crippen LogP contribution >= 0.6 is 11.6 Å². The van der Waals surface area contributed by atoms with Crippen molar-refractivity contribution in [3.63, 3.8) is 0 Å². The number of nitrogens with zero attached hydrogens (tertiary/aromatic N) is 2. The second kappa shape index (κ2) is 5.54. The molecule has 1 aromatic heterocycles. The lowest BCUT2D eigenvalue weighted by molar-refractivity contribution is 0.481. The SMILES string of the molecule is CNc1ncc(Cl)c(NC(C)C2CCCC2)n1. The van der Waals surface area contributed by atoms with Crippen molar-refractivity contribution in [2.24, 2.45) is 5.92 Å². The van der Waals surface area contributed by atoms with E-state index < -0.39 is 0 Å². The van der Waals surface area contributed by atoms with Crippen LogP contribution in [0.25, 0.3) is 0 Å². The molecule has 1 aliphatic carbocycles. The molecule has 1 aromatic rings. The van der Waals surface area contributed by atoms with Crippen LogP contribution in [0.3, 0.4) is 0 Å². The van der Waals surface area contributed by atoms with Crippen LogP contribution < -0.4 is 10.6 Å². The van der Waals surface area contributed by atoms with Crippen molar-refractivity contribution in [3.8, 4) is 0 Å². The van der Waals surface area contributed by atoms with Crippen molar-refractivity contribution >= 4 is 23.4 Å². The Kier molecular flexibility index (Phi) is 4.05. The quantitative estimate of drug-likeness (QED) is 0.867. The number of anilines is 2. The number of hydrogen-bond donors (Lipinski definition) is 2. The molecule has 4 nitrogen and oxygen atoms in total. The Bertz CT molecular complexity index is 377. The molecule has 1 fully saturated rings. The Hall–Kier alpha value is -1.03. The first-order valence-electron chi connectivity index (χ1n) is 6.17. The zero-order chi connectivity index (χ0) is 12.3. The van der Waals surface area contributed by atoms with E-state index in [1.54, 1.807) is 13.2 Å². The molecule has 1 unspecified atom stereocenters. The number of rotatable bonds is 4. The predicted octanol–water partition coefficient (Wildman–Crippen LogP) is 3.16. The average Bonchev–Trinajstić information content (AvgIpc) is 2.85. The summed E-state index contributed by atoms with van der Waals surface area (Å²) in [7, 11) is 1.80. The fraction of sp³-hybridized carbons (Fsp3) is 0.667. The minimum absolute atomic E-state index is 0.412. The van der Waals surface area contributed by atoms with Crippen LogP contribution in [0.15, 0.2) is 6.20 Å². The van der Waals surface area contributed by atoms with Gasteiger partial charge in [-0.15, -0.1) is 0 Å². The van der Waals surface area contributed by atoms with Gasteiger partial charge in [0.05, 0.1) is 6.20 Å². The molecule has 1 atom stereocenters. The third kappa shape index (κ3) is 3.00. The van der Waals surface area contributed by atoms with E-state index in [1.165, 1.54) is 25.7 Å². The van der Waals surface area contributed by atoms with Crippen LogP contribution in [0.1, 0.15) is 32.6 Å². The van der Waals surface area contributed by atoms with Gasteiger partial charge in [-0.1, -0.05) is 24.4 Å². The summed E-state index contributed by atoms with van der Waals surface area (Å²) in [6.45, 7) is 2.20. The molecule has 0 spiro atoms. The van der Waals surface area contributed by atoms with Gasteiger partial charge in [0.25, 0.3) is 0 Å². The maximum atomic E-state index is 6.09. The highest BCUT2D eigenvalue weighted by Gasteiger charge is 2.22. The van der Waals surface area contributed by atoms with E-state index in [1.807, 2.05) is 0 Å². The van der Waals surface area contributed by atoms with Crippen LogP contribution in [-0.2, 0) is 0 Å². The van der Waals surface area contributed by atoms with Crippen molar-refractivity contribution in [2.45, 2.75) is 38.6 Å². The molecule has 2 N–H and O–H groups in total. The summed E-state index contributed by atoms with van der Waals surface area (Å²) in [6, 6.07) is 0.412. The van der Waals surface area contributed by atoms with E-state index in [9.17, 15) is 0 Å². The van der Waals surface area contributed by atoms with Crippen LogP contribution in [0, 0.1) is 5.92 Å². The summed E-state index contributed by atoms with van der Waals surface area (Å²) < 4.78 is 0. The van der Waals surface area contributed by atoms with E-state index in [-0.39, 0.29) is 0 Å². The normalized spacial score (nSPS) is 18.1. The number of nitrogens with one attached hydrogen (secondary N) is 2. The summed E-state index contributed by atoms with van der Waals surface area (Å²) in [6.07, 6.45) is 6.92. The molecule has 0 aliphatic heterocycles. The van der Waals surface area contributed by atoms with Crippen LogP contribution in [0.4, 0.5) is 11.8 Å². The maximum absolute atomic E-state index is 6.09. The minimum atomic E-state index is 0.412. The molecule has 0 amide bonds. The van der Waals surface area contributed by atoms with Gasteiger partial charge in [0.15, 0.2) is 5.82 Å². The summed E-state index contributed by atoms with van der Waals surface area (Å²) >= 11 is 6.09. The zero-order valence-electron chi connectivity index (χ0n) is 10.3. The molecule has 5 heteroatoms. The van der Waals surface area contributed by atoms with Crippen molar-refractivity contribution in [2.75, 3.05) is 17.7 Å². The summed E-state index contributed by atoms with van der Waals surface area (Å²) in [5, 5.41) is 6.90. The molecule has 17 heavy (non-hydrogen) atoms. The molecule has 1 heterocycles. The first kappa shape index (κ1) is 12.4. The summed E-state index contributed by atoms with van der Waals surface area (Å²) in [5.41, 5.74) is 0. The molecule has 94 valence electrons. The fourth-order valence-corrected chi connectivity index (χ4v) is 2.53. The lowest BCUT2D eigenvalue weighted by Crippen LogP contribution is -2.24. The van der Waals surface area contributed by atoms with E-state index in [0.29, 0.717) is 17.0 Å². The van der Waals surface area contributed by atoms with Gasteiger partial charge in [-0.2, -0.15) is 4.98 Å². The van der Waals surface area contributed by atoms with Gasteiger partial charge >= 0.3 is 0 Å². The molecular formula is C12H19ClN4. The Morgan fingerprint density at radius 2 is 2.12 bits per heavy atom.